The van der Waals surface area contributed by atoms with Gasteiger partial charge in [-0.25, -0.2) is 0 Å². The van der Waals surface area contributed by atoms with Crippen LogP contribution in [0.25, 0.3) is 22.0 Å². The third-order valence-electron chi connectivity index (χ3n) is 6.29. The van der Waals surface area contributed by atoms with E-state index in [-0.39, 0.29) is 17.2 Å². The van der Waals surface area contributed by atoms with Crippen molar-refractivity contribution in [3.8, 4) is 11.1 Å². The molecule has 0 unspecified atom stereocenters. The van der Waals surface area contributed by atoms with Crippen molar-refractivity contribution in [2.24, 2.45) is 5.41 Å². The molecule has 152 valence electrons. The van der Waals surface area contributed by atoms with Crippen molar-refractivity contribution in [3.63, 3.8) is 0 Å². The van der Waals surface area contributed by atoms with Gasteiger partial charge >= 0.3 is 0 Å². The minimum Gasteiger partial charge on any atom is -0.339 e. The number of hydrogen-bond donors (Lipinski definition) is 0. The molecule has 0 atom stereocenters. The van der Waals surface area contributed by atoms with Crippen LogP contribution in [0.15, 0.2) is 54.9 Å². The van der Waals surface area contributed by atoms with Crippen LogP contribution in [0.1, 0.15) is 30.3 Å². The van der Waals surface area contributed by atoms with E-state index in [0.717, 1.165) is 34.9 Å². The molecule has 6 heteroatoms. The molecular weight excluding hydrogens is 376 g/mol. The standard InChI is InChI=1S/C24H24N4O2/c1-24(8-9-24)23(30)28-13-11-27(12-14-28)22(29)21-7-5-19(16-26-21)17-4-6-20-18(15-17)3-2-10-25-20/h2-7,10,15-16H,8-9,11-14H2,1H3. The summed E-state index contributed by atoms with van der Waals surface area (Å²) in [4.78, 5) is 37.8. The maximum absolute atomic E-state index is 12.9. The number of amides is 2. The Morgan fingerprint density at radius 3 is 2.33 bits per heavy atom. The number of benzene rings is 1. The van der Waals surface area contributed by atoms with Crippen molar-refractivity contribution in [2.75, 3.05) is 26.2 Å². The summed E-state index contributed by atoms with van der Waals surface area (Å²) in [5.41, 5.74) is 3.25. The average molecular weight is 400 g/mol. The van der Waals surface area contributed by atoms with E-state index >= 15 is 0 Å². The van der Waals surface area contributed by atoms with Gasteiger partial charge in [0.15, 0.2) is 0 Å². The Labute approximate surface area is 175 Å². The lowest BCUT2D eigenvalue weighted by atomic mass is 10.0. The van der Waals surface area contributed by atoms with E-state index in [9.17, 15) is 9.59 Å². The zero-order chi connectivity index (χ0) is 20.7. The summed E-state index contributed by atoms with van der Waals surface area (Å²) in [7, 11) is 0. The zero-order valence-electron chi connectivity index (χ0n) is 17.0. The molecule has 0 N–H and O–H groups in total. The van der Waals surface area contributed by atoms with Crippen molar-refractivity contribution in [3.05, 3.63) is 60.6 Å². The van der Waals surface area contributed by atoms with Crippen LogP contribution >= 0.6 is 0 Å². The minimum atomic E-state index is -0.150. The number of aromatic nitrogens is 2. The SMILES string of the molecule is CC1(C(=O)N2CCN(C(=O)c3ccc(-c4ccc5ncccc5c4)cn3)CC2)CC1. The lowest BCUT2D eigenvalue weighted by Gasteiger charge is -2.36. The average Bonchev–Trinajstić information content (AvgIpc) is 3.56. The Hall–Kier alpha value is -3.28. The highest BCUT2D eigenvalue weighted by Gasteiger charge is 2.47. The number of nitrogens with zero attached hydrogens (tertiary/aromatic N) is 4. The summed E-state index contributed by atoms with van der Waals surface area (Å²) in [5, 5.41) is 1.07. The fourth-order valence-electron chi connectivity index (χ4n) is 4.00. The Morgan fingerprint density at radius 2 is 1.63 bits per heavy atom. The first-order valence-electron chi connectivity index (χ1n) is 10.4. The molecule has 0 spiro atoms. The summed E-state index contributed by atoms with van der Waals surface area (Å²) in [6, 6.07) is 13.8. The van der Waals surface area contributed by atoms with E-state index in [1.165, 1.54) is 0 Å². The highest BCUT2D eigenvalue weighted by Crippen LogP contribution is 2.46. The Balaban J connectivity index is 1.26. The van der Waals surface area contributed by atoms with Crippen molar-refractivity contribution < 1.29 is 9.59 Å². The van der Waals surface area contributed by atoms with Gasteiger partial charge in [-0.3, -0.25) is 19.6 Å². The summed E-state index contributed by atoms with van der Waals surface area (Å²) >= 11 is 0. The van der Waals surface area contributed by atoms with Gasteiger partial charge in [-0.15, -0.1) is 0 Å². The molecule has 1 saturated carbocycles. The van der Waals surface area contributed by atoms with Crippen LogP contribution in [0.3, 0.4) is 0 Å². The lowest BCUT2D eigenvalue weighted by molar-refractivity contribution is -0.137. The Morgan fingerprint density at radius 1 is 0.900 bits per heavy atom. The molecule has 0 bridgehead atoms. The van der Waals surface area contributed by atoms with E-state index in [1.54, 1.807) is 23.4 Å². The molecule has 0 radical (unpaired) electrons. The summed E-state index contributed by atoms with van der Waals surface area (Å²) in [6.45, 7) is 4.35. The lowest BCUT2D eigenvalue weighted by Crippen LogP contribution is -2.52. The summed E-state index contributed by atoms with van der Waals surface area (Å²) < 4.78 is 0. The maximum Gasteiger partial charge on any atom is 0.272 e. The topological polar surface area (TPSA) is 66.4 Å². The molecule has 6 nitrogen and oxygen atoms in total. The minimum absolute atomic E-state index is 0.0750. The predicted octanol–water partition coefficient (Wildman–Crippen LogP) is 3.38. The first kappa shape index (κ1) is 18.7. The van der Waals surface area contributed by atoms with Gasteiger partial charge in [0.2, 0.25) is 5.91 Å². The van der Waals surface area contributed by atoms with E-state index < -0.39 is 0 Å². The second kappa shape index (κ2) is 7.20. The molecule has 1 saturated heterocycles. The summed E-state index contributed by atoms with van der Waals surface area (Å²) in [5.74, 6) is 0.164. The van der Waals surface area contributed by atoms with Crippen LogP contribution in [0.4, 0.5) is 0 Å². The Bertz CT molecular complexity index is 1110. The number of carbonyl (C=O) groups is 2. The largest absolute Gasteiger partial charge is 0.339 e. The number of rotatable bonds is 3. The molecule has 3 heterocycles. The van der Waals surface area contributed by atoms with E-state index in [4.69, 9.17) is 0 Å². The van der Waals surface area contributed by atoms with Crippen LogP contribution in [-0.2, 0) is 4.79 Å². The number of pyridine rings is 2. The zero-order valence-corrected chi connectivity index (χ0v) is 17.0. The third-order valence-corrected chi connectivity index (χ3v) is 6.29. The quantitative estimate of drug-likeness (QED) is 0.676. The monoisotopic (exact) mass is 400 g/mol. The Kier molecular flexibility index (Phi) is 4.50. The molecule has 2 aliphatic rings. The van der Waals surface area contributed by atoms with Crippen molar-refractivity contribution in [1.29, 1.82) is 0 Å². The fraction of sp³-hybridized carbons (Fsp3) is 0.333. The van der Waals surface area contributed by atoms with Crippen LogP contribution < -0.4 is 0 Å². The van der Waals surface area contributed by atoms with Crippen LogP contribution in [0.5, 0.6) is 0 Å². The van der Waals surface area contributed by atoms with Gasteiger partial charge in [0.1, 0.15) is 5.69 Å². The van der Waals surface area contributed by atoms with Gasteiger partial charge in [-0.1, -0.05) is 25.1 Å². The molecule has 1 aliphatic heterocycles. The van der Waals surface area contributed by atoms with Gasteiger partial charge in [0.25, 0.3) is 5.91 Å². The van der Waals surface area contributed by atoms with Crippen molar-refractivity contribution >= 4 is 22.7 Å². The maximum atomic E-state index is 12.9. The highest BCUT2D eigenvalue weighted by molar-refractivity contribution is 5.93. The molecule has 2 amide bonds. The smallest absolute Gasteiger partial charge is 0.272 e. The van der Waals surface area contributed by atoms with E-state index in [1.807, 2.05) is 42.2 Å². The normalized spacial score (nSPS) is 17.8. The number of carbonyl (C=O) groups excluding carboxylic acids is 2. The van der Waals surface area contributed by atoms with Crippen LogP contribution in [-0.4, -0.2) is 57.8 Å². The van der Waals surface area contributed by atoms with Crippen molar-refractivity contribution in [1.82, 2.24) is 19.8 Å². The number of fused-ring (bicyclic) bond motifs is 1. The predicted molar refractivity (Wildman–Crippen MR) is 115 cm³/mol. The molecular formula is C24H24N4O2. The van der Waals surface area contributed by atoms with E-state index in [2.05, 4.69) is 16.0 Å². The van der Waals surface area contributed by atoms with Gasteiger partial charge in [-0.2, -0.15) is 0 Å². The van der Waals surface area contributed by atoms with Gasteiger partial charge in [0, 0.05) is 54.9 Å². The first-order chi connectivity index (χ1) is 14.5. The first-order valence-corrected chi connectivity index (χ1v) is 10.4. The molecule has 2 aromatic heterocycles. The molecule has 30 heavy (non-hydrogen) atoms. The van der Waals surface area contributed by atoms with Gasteiger partial charge in [-0.05, 0) is 42.7 Å². The van der Waals surface area contributed by atoms with Crippen LogP contribution in [0, 0.1) is 5.41 Å². The van der Waals surface area contributed by atoms with Crippen molar-refractivity contribution in [2.45, 2.75) is 19.8 Å². The number of piperazine rings is 1. The van der Waals surface area contributed by atoms with Crippen LogP contribution in [0.2, 0.25) is 0 Å². The molecule has 3 aromatic rings. The number of hydrogen-bond acceptors (Lipinski definition) is 4. The second-order valence-corrected chi connectivity index (χ2v) is 8.49. The van der Waals surface area contributed by atoms with E-state index in [0.29, 0.717) is 31.9 Å². The van der Waals surface area contributed by atoms with Gasteiger partial charge in [0.05, 0.1) is 5.52 Å². The molecule has 2 fully saturated rings. The second-order valence-electron chi connectivity index (χ2n) is 8.49. The summed E-state index contributed by atoms with van der Waals surface area (Å²) in [6.07, 6.45) is 5.49. The fourth-order valence-corrected chi connectivity index (χ4v) is 4.00. The molecule has 1 aromatic carbocycles. The highest BCUT2D eigenvalue weighted by atomic mass is 16.2. The molecule has 5 rings (SSSR count). The van der Waals surface area contributed by atoms with Gasteiger partial charge < -0.3 is 9.80 Å². The molecule has 1 aliphatic carbocycles. The third kappa shape index (κ3) is 3.43.